The average molecular weight is 224 g/mol. The number of aryl methyl sites for hydroxylation is 1. The van der Waals surface area contributed by atoms with Gasteiger partial charge in [-0.05, 0) is 18.6 Å². The highest BCUT2D eigenvalue weighted by Gasteiger charge is 2.14. The fraction of sp³-hybridized carbons (Fsp3) is 0.417. The molecule has 1 aromatic rings. The van der Waals surface area contributed by atoms with Crippen molar-refractivity contribution in [2.75, 3.05) is 27.4 Å². The Hall–Kier alpha value is -1.55. The third-order valence-electron chi connectivity index (χ3n) is 2.16. The summed E-state index contributed by atoms with van der Waals surface area (Å²) in [6.45, 7) is 2.51. The van der Waals surface area contributed by atoms with Crippen LogP contribution < -0.4 is 4.74 Å². The summed E-state index contributed by atoms with van der Waals surface area (Å²) in [6, 6.07) is 5.36. The predicted octanol–water partition coefficient (Wildman–Crippen LogP) is 1.81. The minimum atomic E-state index is -0.391. The zero-order chi connectivity index (χ0) is 12.0. The fourth-order valence-electron chi connectivity index (χ4n) is 1.38. The molecule has 1 aromatic carbocycles. The van der Waals surface area contributed by atoms with Gasteiger partial charge in [0.2, 0.25) is 0 Å². The Bertz CT molecular complexity index is 360. The van der Waals surface area contributed by atoms with Gasteiger partial charge in [-0.2, -0.15) is 0 Å². The van der Waals surface area contributed by atoms with Crippen LogP contribution in [0.25, 0.3) is 0 Å². The number of ether oxygens (including phenoxy) is 3. The zero-order valence-electron chi connectivity index (χ0n) is 9.78. The Kier molecular flexibility index (Phi) is 4.79. The van der Waals surface area contributed by atoms with Crippen molar-refractivity contribution in [2.24, 2.45) is 0 Å². The Labute approximate surface area is 95.1 Å². The predicted molar refractivity (Wildman–Crippen MR) is 59.9 cm³/mol. The molecule has 0 aliphatic heterocycles. The highest BCUT2D eigenvalue weighted by Crippen LogP contribution is 2.23. The Balaban J connectivity index is 2.78. The largest absolute Gasteiger partial charge is 0.496 e. The van der Waals surface area contributed by atoms with Gasteiger partial charge in [-0.3, -0.25) is 0 Å². The topological polar surface area (TPSA) is 44.8 Å². The standard InChI is InChI=1S/C12H16O4/c1-9-5-4-6-10(11(9)15-3)12(13)16-8-7-14-2/h4-6H,7-8H2,1-3H3. The van der Waals surface area contributed by atoms with Crippen molar-refractivity contribution in [3.63, 3.8) is 0 Å². The number of hydrogen-bond acceptors (Lipinski definition) is 4. The number of methoxy groups -OCH3 is 2. The SMILES string of the molecule is COCCOC(=O)c1cccc(C)c1OC. The first-order valence-corrected chi connectivity index (χ1v) is 5.00. The zero-order valence-corrected chi connectivity index (χ0v) is 9.78. The van der Waals surface area contributed by atoms with Crippen molar-refractivity contribution >= 4 is 5.97 Å². The number of rotatable bonds is 5. The number of benzene rings is 1. The smallest absolute Gasteiger partial charge is 0.342 e. The first kappa shape index (κ1) is 12.5. The molecule has 16 heavy (non-hydrogen) atoms. The molecule has 0 aliphatic rings. The molecule has 0 aromatic heterocycles. The number of para-hydroxylation sites is 1. The molecule has 1 rings (SSSR count). The molecular formula is C12H16O4. The molecule has 4 heteroatoms. The summed E-state index contributed by atoms with van der Waals surface area (Å²) in [5.74, 6) is 0.169. The van der Waals surface area contributed by atoms with Gasteiger partial charge in [-0.15, -0.1) is 0 Å². The Morgan fingerprint density at radius 3 is 2.62 bits per heavy atom. The molecular weight excluding hydrogens is 208 g/mol. The summed E-state index contributed by atoms with van der Waals surface area (Å²) in [5, 5.41) is 0. The van der Waals surface area contributed by atoms with Crippen molar-refractivity contribution in [1.29, 1.82) is 0 Å². The molecule has 0 heterocycles. The van der Waals surface area contributed by atoms with E-state index >= 15 is 0 Å². The van der Waals surface area contributed by atoms with Crippen molar-refractivity contribution in [2.45, 2.75) is 6.92 Å². The van der Waals surface area contributed by atoms with E-state index in [4.69, 9.17) is 14.2 Å². The van der Waals surface area contributed by atoms with Crippen molar-refractivity contribution < 1.29 is 19.0 Å². The van der Waals surface area contributed by atoms with Crippen LogP contribution in [0.4, 0.5) is 0 Å². The third kappa shape index (κ3) is 2.97. The maximum atomic E-state index is 11.7. The van der Waals surface area contributed by atoms with Crippen LogP contribution in [0.15, 0.2) is 18.2 Å². The molecule has 0 amide bonds. The summed E-state index contributed by atoms with van der Waals surface area (Å²) < 4.78 is 15.0. The van der Waals surface area contributed by atoms with Crippen LogP contribution in [-0.2, 0) is 9.47 Å². The highest BCUT2D eigenvalue weighted by atomic mass is 16.6. The van der Waals surface area contributed by atoms with Gasteiger partial charge < -0.3 is 14.2 Å². The highest BCUT2D eigenvalue weighted by molar-refractivity contribution is 5.93. The van der Waals surface area contributed by atoms with E-state index < -0.39 is 5.97 Å². The normalized spacial score (nSPS) is 9.94. The molecule has 0 bridgehead atoms. The lowest BCUT2D eigenvalue weighted by Gasteiger charge is -2.10. The van der Waals surface area contributed by atoms with Gasteiger partial charge in [0.25, 0.3) is 0 Å². The summed E-state index contributed by atoms with van der Waals surface area (Å²) >= 11 is 0. The van der Waals surface area contributed by atoms with Crippen LogP contribution in [0, 0.1) is 6.92 Å². The second-order valence-electron chi connectivity index (χ2n) is 3.28. The lowest BCUT2D eigenvalue weighted by atomic mass is 10.1. The van der Waals surface area contributed by atoms with Gasteiger partial charge in [0.15, 0.2) is 0 Å². The van der Waals surface area contributed by atoms with Crippen LogP contribution in [0.1, 0.15) is 15.9 Å². The van der Waals surface area contributed by atoms with Gasteiger partial charge in [0, 0.05) is 7.11 Å². The maximum Gasteiger partial charge on any atom is 0.342 e. The molecule has 0 radical (unpaired) electrons. The van der Waals surface area contributed by atoms with E-state index in [-0.39, 0.29) is 6.61 Å². The average Bonchev–Trinajstić information content (AvgIpc) is 2.29. The number of hydrogen-bond donors (Lipinski definition) is 0. The van der Waals surface area contributed by atoms with E-state index in [1.165, 1.54) is 7.11 Å². The van der Waals surface area contributed by atoms with Gasteiger partial charge in [0.05, 0.1) is 13.7 Å². The van der Waals surface area contributed by atoms with E-state index in [0.717, 1.165) is 5.56 Å². The third-order valence-corrected chi connectivity index (χ3v) is 2.16. The van der Waals surface area contributed by atoms with E-state index in [1.807, 2.05) is 13.0 Å². The van der Waals surface area contributed by atoms with Gasteiger partial charge >= 0.3 is 5.97 Å². The number of esters is 1. The quantitative estimate of drug-likeness (QED) is 0.565. The first-order chi connectivity index (χ1) is 7.70. The van der Waals surface area contributed by atoms with Crippen LogP contribution in [-0.4, -0.2) is 33.4 Å². The second kappa shape index (κ2) is 6.12. The Morgan fingerprint density at radius 1 is 1.25 bits per heavy atom. The molecule has 0 fully saturated rings. The van der Waals surface area contributed by atoms with E-state index in [1.54, 1.807) is 19.2 Å². The first-order valence-electron chi connectivity index (χ1n) is 5.00. The van der Waals surface area contributed by atoms with Crippen molar-refractivity contribution in [3.8, 4) is 5.75 Å². The molecule has 0 unspecified atom stereocenters. The van der Waals surface area contributed by atoms with Crippen LogP contribution in [0.2, 0.25) is 0 Å². The second-order valence-corrected chi connectivity index (χ2v) is 3.28. The molecule has 0 aliphatic carbocycles. The minimum absolute atomic E-state index is 0.242. The molecule has 0 N–H and O–H groups in total. The molecule has 0 saturated carbocycles. The molecule has 0 atom stereocenters. The van der Waals surface area contributed by atoms with E-state index in [2.05, 4.69) is 0 Å². The monoisotopic (exact) mass is 224 g/mol. The van der Waals surface area contributed by atoms with Crippen LogP contribution in [0.5, 0.6) is 5.75 Å². The van der Waals surface area contributed by atoms with Crippen LogP contribution in [0.3, 0.4) is 0 Å². The Morgan fingerprint density at radius 2 is 2.00 bits per heavy atom. The van der Waals surface area contributed by atoms with E-state index in [9.17, 15) is 4.79 Å². The minimum Gasteiger partial charge on any atom is -0.496 e. The van der Waals surface area contributed by atoms with Gasteiger partial charge in [0.1, 0.15) is 17.9 Å². The molecule has 88 valence electrons. The summed E-state index contributed by atoms with van der Waals surface area (Å²) in [5.41, 5.74) is 1.35. The molecule has 0 spiro atoms. The van der Waals surface area contributed by atoms with Gasteiger partial charge in [-0.1, -0.05) is 12.1 Å². The van der Waals surface area contributed by atoms with Gasteiger partial charge in [-0.25, -0.2) is 4.79 Å². The van der Waals surface area contributed by atoms with E-state index in [0.29, 0.717) is 17.9 Å². The number of carbonyl (C=O) groups excluding carboxylic acids is 1. The summed E-state index contributed by atoms with van der Waals surface area (Å²) in [4.78, 5) is 11.7. The maximum absolute atomic E-state index is 11.7. The van der Waals surface area contributed by atoms with Crippen molar-refractivity contribution in [1.82, 2.24) is 0 Å². The molecule has 4 nitrogen and oxygen atoms in total. The molecule has 0 saturated heterocycles. The number of carbonyl (C=O) groups is 1. The summed E-state index contributed by atoms with van der Waals surface area (Å²) in [7, 11) is 3.09. The lowest BCUT2D eigenvalue weighted by Crippen LogP contribution is -2.11. The van der Waals surface area contributed by atoms with Crippen LogP contribution >= 0.6 is 0 Å². The fourth-order valence-corrected chi connectivity index (χ4v) is 1.38. The van der Waals surface area contributed by atoms with Crippen molar-refractivity contribution in [3.05, 3.63) is 29.3 Å². The lowest BCUT2D eigenvalue weighted by molar-refractivity contribution is 0.0384. The summed E-state index contributed by atoms with van der Waals surface area (Å²) in [6.07, 6.45) is 0.